The molecule has 0 saturated heterocycles. The molecule has 14 heteroatoms. The average Bonchev–Trinajstić information content (AvgIpc) is 2.61. The fourth-order valence-corrected chi connectivity index (χ4v) is 2.67. The molecule has 0 aliphatic heterocycles. The fourth-order valence-electron chi connectivity index (χ4n) is 1.75. The van der Waals surface area contributed by atoms with Gasteiger partial charge in [-0.25, -0.2) is 0 Å². The van der Waals surface area contributed by atoms with Crippen LogP contribution in [0.3, 0.4) is 0 Å². The van der Waals surface area contributed by atoms with Gasteiger partial charge in [0.05, 0.1) is 26.6 Å². The molecule has 0 fully saturated rings. The molecule has 2 aromatic carbocycles. The smallest absolute Gasteiger partial charge is 0.298 e. The summed E-state index contributed by atoms with van der Waals surface area (Å²) in [5.41, 5.74) is 5.32. The van der Waals surface area contributed by atoms with Crippen molar-refractivity contribution in [2.75, 3.05) is 0 Å². The molecule has 0 spiro atoms. The van der Waals surface area contributed by atoms with Crippen LogP contribution in [0.2, 0.25) is 10.0 Å². The Morgan fingerprint density at radius 2 is 1.76 bits per heavy atom. The third-order valence-electron chi connectivity index (χ3n) is 3.13. The molecule has 0 heterocycles. The highest BCUT2D eigenvalue weighted by molar-refractivity contribution is 7.85. The molecular formula is C15H15Cl2N5O6S. The Kier molecular flexibility index (Phi) is 8.48. The third-order valence-corrected chi connectivity index (χ3v) is 4.63. The van der Waals surface area contributed by atoms with E-state index in [9.17, 15) is 18.5 Å². The summed E-state index contributed by atoms with van der Waals surface area (Å²) in [5.74, 6) is -0.757. The number of nitro groups is 1. The van der Waals surface area contributed by atoms with Crippen LogP contribution in [0.4, 0.5) is 5.69 Å². The molecule has 0 unspecified atom stereocenters. The number of hydrogen-bond donors (Lipinski definition) is 4. The monoisotopic (exact) mass is 463 g/mol. The molecular weight excluding hydrogens is 449 g/mol. The lowest BCUT2D eigenvalue weighted by Gasteiger charge is -2.06. The number of benzene rings is 2. The van der Waals surface area contributed by atoms with E-state index in [2.05, 4.69) is 5.10 Å². The molecule has 0 saturated carbocycles. The van der Waals surface area contributed by atoms with E-state index < -0.39 is 26.7 Å². The third kappa shape index (κ3) is 7.29. The molecule has 156 valence electrons. The van der Waals surface area contributed by atoms with Crippen LogP contribution >= 0.6 is 23.2 Å². The lowest BCUT2D eigenvalue weighted by Crippen LogP contribution is -2.28. The number of nitrogens with zero attached hydrogens (tertiary/aromatic N) is 3. The number of nitro benzene ring substituents is 1. The largest absolute Gasteiger partial charge is 0.367 e. The summed E-state index contributed by atoms with van der Waals surface area (Å²) in [6, 6.07) is 8.59. The number of nitrogens with two attached hydrogens (primary N) is 1. The van der Waals surface area contributed by atoms with Gasteiger partial charge in [-0.3, -0.25) is 25.3 Å². The van der Waals surface area contributed by atoms with E-state index >= 15 is 0 Å². The van der Waals surface area contributed by atoms with Crippen molar-refractivity contribution in [3.63, 3.8) is 0 Å². The van der Waals surface area contributed by atoms with Crippen LogP contribution in [0.1, 0.15) is 11.1 Å². The molecule has 0 radical (unpaired) electrons. The predicted octanol–water partition coefficient (Wildman–Crippen LogP) is 3.06. The van der Waals surface area contributed by atoms with Crippen LogP contribution in [0.25, 0.3) is 0 Å². The van der Waals surface area contributed by atoms with E-state index in [4.69, 9.17) is 44.1 Å². The molecule has 0 aliphatic carbocycles. The van der Waals surface area contributed by atoms with Crippen molar-refractivity contribution in [1.82, 2.24) is 5.17 Å². The van der Waals surface area contributed by atoms with E-state index in [0.717, 1.165) is 11.8 Å². The van der Waals surface area contributed by atoms with Gasteiger partial charge in [-0.1, -0.05) is 40.9 Å². The van der Waals surface area contributed by atoms with Gasteiger partial charge in [0, 0.05) is 0 Å². The van der Waals surface area contributed by atoms with Crippen LogP contribution in [0.15, 0.2) is 46.4 Å². The summed E-state index contributed by atoms with van der Waals surface area (Å²) < 4.78 is 29.6. The Morgan fingerprint density at radius 1 is 1.24 bits per heavy atom. The van der Waals surface area contributed by atoms with Crippen molar-refractivity contribution < 1.29 is 23.1 Å². The van der Waals surface area contributed by atoms with Gasteiger partial charge in [-0.2, -0.15) is 13.5 Å². The van der Waals surface area contributed by atoms with Crippen molar-refractivity contribution >= 4 is 51.2 Å². The van der Waals surface area contributed by atoms with Crippen LogP contribution in [0, 0.1) is 22.4 Å². The molecule has 0 amide bonds. The summed E-state index contributed by atoms with van der Waals surface area (Å²) in [4.78, 5) is 10.0. The Bertz CT molecular complexity index is 1040. The SMILES string of the molecule is Cc1ccc(S(=O)(=O)O)cc1.N=C(N)N(O)/N=C/c1c(Cl)ccc(Cl)c1[N+](=O)[O-]. The number of rotatable bonds is 4. The number of halogens is 2. The van der Waals surface area contributed by atoms with Crippen LogP contribution in [-0.4, -0.2) is 40.4 Å². The molecule has 0 atom stereocenters. The van der Waals surface area contributed by atoms with Gasteiger partial charge in [0.1, 0.15) is 5.02 Å². The van der Waals surface area contributed by atoms with Crippen molar-refractivity contribution in [2.24, 2.45) is 10.8 Å². The fraction of sp³-hybridized carbons (Fsp3) is 0.0667. The Labute approximate surface area is 175 Å². The minimum atomic E-state index is -4.02. The first-order valence-corrected chi connectivity index (χ1v) is 9.57. The molecule has 2 aromatic rings. The number of aryl methyl sites for hydroxylation is 1. The Morgan fingerprint density at radius 3 is 2.21 bits per heavy atom. The van der Waals surface area contributed by atoms with Crippen LogP contribution in [-0.2, 0) is 10.1 Å². The maximum atomic E-state index is 10.8. The molecule has 0 aliphatic rings. The molecule has 5 N–H and O–H groups in total. The van der Waals surface area contributed by atoms with E-state index in [1.807, 2.05) is 6.92 Å². The second-order valence-electron chi connectivity index (χ2n) is 5.26. The zero-order chi connectivity index (χ0) is 22.4. The first kappa shape index (κ1) is 24.3. The Hall–Kier alpha value is -2.77. The summed E-state index contributed by atoms with van der Waals surface area (Å²) in [6.07, 6.45) is 0.883. The number of nitrogens with one attached hydrogen (secondary N) is 1. The molecule has 0 bridgehead atoms. The van der Waals surface area contributed by atoms with Gasteiger partial charge in [0.15, 0.2) is 0 Å². The van der Waals surface area contributed by atoms with Crippen molar-refractivity contribution in [3.05, 3.63) is 67.7 Å². The highest BCUT2D eigenvalue weighted by atomic mass is 35.5. The minimum Gasteiger partial charge on any atom is -0.367 e. The zero-order valence-corrected chi connectivity index (χ0v) is 17.0. The molecule has 2 rings (SSSR count). The van der Waals surface area contributed by atoms with Gasteiger partial charge in [-0.05, 0) is 31.2 Å². The minimum absolute atomic E-state index is 0.0202. The van der Waals surface area contributed by atoms with Crippen molar-refractivity contribution in [3.8, 4) is 0 Å². The summed E-state index contributed by atoms with van der Waals surface area (Å²) >= 11 is 11.4. The maximum absolute atomic E-state index is 10.8. The molecule has 0 aromatic heterocycles. The lowest BCUT2D eigenvalue weighted by molar-refractivity contribution is -0.384. The maximum Gasteiger partial charge on any atom is 0.298 e. The molecule has 11 nitrogen and oxygen atoms in total. The number of hydroxylamine groups is 1. The standard InChI is InChI=1S/C8H7Cl2N5O3.C7H8O3S/c9-5-1-2-6(10)7(15(17)18)4(5)3-13-14(16)8(11)12;1-6-2-4-7(5-3-6)11(8,9)10/h1-3,16H,(H3,11,12);2-5H,1H3,(H,8,9,10)/b13-3+;. The quantitative estimate of drug-likeness (QED) is 0.175. The zero-order valence-electron chi connectivity index (χ0n) is 14.7. The van der Waals surface area contributed by atoms with Crippen LogP contribution in [0.5, 0.6) is 0 Å². The Balaban J connectivity index is 0.000000326. The van der Waals surface area contributed by atoms with Crippen molar-refractivity contribution in [2.45, 2.75) is 11.8 Å². The van der Waals surface area contributed by atoms with E-state index in [0.29, 0.717) is 0 Å². The topological polar surface area (TPSA) is 183 Å². The molecule has 29 heavy (non-hydrogen) atoms. The van der Waals surface area contributed by atoms with Gasteiger partial charge in [0.2, 0.25) is 5.96 Å². The van der Waals surface area contributed by atoms with Crippen LogP contribution < -0.4 is 5.73 Å². The summed E-state index contributed by atoms with van der Waals surface area (Å²) in [5, 5.41) is 29.9. The normalized spacial score (nSPS) is 10.9. The summed E-state index contributed by atoms with van der Waals surface area (Å²) in [7, 11) is -4.02. The van der Waals surface area contributed by atoms with Crippen molar-refractivity contribution in [1.29, 1.82) is 5.41 Å². The van der Waals surface area contributed by atoms with Gasteiger partial charge >= 0.3 is 0 Å². The van der Waals surface area contributed by atoms with Gasteiger partial charge < -0.3 is 5.73 Å². The predicted molar refractivity (Wildman–Crippen MR) is 107 cm³/mol. The van der Waals surface area contributed by atoms with E-state index in [1.54, 1.807) is 12.1 Å². The first-order chi connectivity index (χ1) is 13.3. The first-order valence-electron chi connectivity index (χ1n) is 7.38. The number of hydrazone groups is 1. The highest BCUT2D eigenvalue weighted by Crippen LogP contribution is 2.32. The van der Waals surface area contributed by atoms with Gasteiger partial charge in [-0.15, -0.1) is 5.17 Å². The van der Waals surface area contributed by atoms with E-state index in [-0.39, 0.29) is 25.7 Å². The second kappa shape index (κ2) is 10.1. The highest BCUT2D eigenvalue weighted by Gasteiger charge is 2.20. The number of guanidine groups is 1. The average molecular weight is 464 g/mol. The number of hydrogen-bond acceptors (Lipinski definition) is 7. The second-order valence-corrected chi connectivity index (χ2v) is 7.49. The van der Waals surface area contributed by atoms with E-state index in [1.165, 1.54) is 24.3 Å². The van der Waals surface area contributed by atoms with Gasteiger partial charge in [0.25, 0.3) is 15.8 Å². The lowest BCUT2D eigenvalue weighted by atomic mass is 10.2. The summed E-state index contributed by atoms with van der Waals surface area (Å²) in [6.45, 7) is 1.84.